The molecule has 34 heavy (non-hydrogen) atoms. The summed E-state index contributed by atoms with van der Waals surface area (Å²) in [5, 5.41) is 5.61. The third-order valence-corrected chi connectivity index (χ3v) is 5.92. The molecular weight excluding hydrogens is 459 g/mol. The van der Waals surface area contributed by atoms with Crippen LogP contribution in [0.3, 0.4) is 0 Å². The number of aromatic nitrogens is 6. The van der Waals surface area contributed by atoms with E-state index < -0.39 is 6.04 Å². The zero-order valence-electron chi connectivity index (χ0n) is 18.3. The van der Waals surface area contributed by atoms with Crippen molar-refractivity contribution in [3.63, 3.8) is 0 Å². The number of aromatic amines is 1. The number of nitrogens with zero attached hydrogens (tertiary/aromatic N) is 6. The van der Waals surface area contributed by atoms with Gasteiger partial charge in [-0.15, -0.1) is 0 Å². The Balaban J connectivity index is 1.71. The first-order chi connectivity index (χ1) is 16.5. The zero-order chi connectivity index (χ0) is 23.8. The van der Waals surface area contributed by atoms with E-state index in [0.717, 1.165) is 0 Å². The summed E-state index contributed by atoms with van der Waals surface area (Å²) >= 11 is 6.39. The van der Waals surface area contributed by atoms with Gasteiger partial charge in [-0.1, -0.05) is 24.6 Å². The predicted molar refractivity (Wildman–Crippen MR) is 130 cm³/mol. The molecular formula is C23H20ClFN8O. The normalized spacial score (nSPS) is 12.2. The number of rotatable bonds is 6. The number of hydrogen-bond acceptors (Lipinski definition) is 7. The monoisotopic (exact) mass is 478 g/mol. The number of nitrogens with one attached hydrogen (secondary N) is 2. The van der Waals surface area contributed by atoms with Crippen molar-refractivity contribution in [1.82, 2.24) is 29.6 Å². The first-order valence-electron chi connectivity index (χ1n) is 10.6. The first kappa shape index (κ1) is 21.8. The van der Waals surface area contributed by atoms with Gasteiger partial charge in [0.2, 0.25) is 0 Å². The van der Waals surface area contributed by atoms with Gasteiger partial charge in [0.25, 0.3) is 5.56 Å². The molecule has 0 amide bonds. The summed E-state index contributed by atoms with van der Waals surface area (Å²) < 4.78 is 15.0. The second-order valence-corrected chi connectivity index (χ2v) is 8.06. The average Bonchev–Trinajstić information content (AvgIpc) is 3.32. The Kier molecular flexibility index (Phi) is 5.58. The maximum absolute atomic E-state index is 13.7. The molecule has 0 saturated carbocycles. The lowest BCUT2D eigenvalue weighted by molar-refractivity contribution is 0.593. The van der Waals surface area contributed by atoms with Gasteiger partial charge >= 0.3 is 0 Å². The molecule has 11 heteroatoms. The lowest BCUT2D eigenvalue weighted by atomic mass is 10.1. The minimum absolute atomic E-state index is 0.301. The van der Waals surface area contributed by atoms with Crippen molar-refractivity contribution in [2.45, 2.75) is 19.4 Å². The van der Waals surface area contributed by atoms with E-state index in [1.807, 2.05) is 6.92 Å². The molecule has 0 saturated heterocycles. The molecule has 9 nitrogen and oxygen atoms in total. The van der Waals surface area contributed by atoms with Gasteiger partial charge in [-0.05, 0) is 42.8 Å². The van der Waals surface area contributed by atoms with Crippen LogP contribution >= 0.6 is 11.6 Å². The number of imidazole rings is 1. The summed E-state index contributed by atoms with van der Waals surface area (Å²) in [6, 6.07) is 10.6. The summed E-state index contributed by atoms with van der Waals surface area (Å²) in [4.78, 5) is 34.3. The third-order valence-electron chi connectivity index (χ3n) is 5.60. The van der Waals surface area contributed by atoms with Gasteiger partial charge in [0.15, 0.2) is 17.3 Å². The van der Waals surface area contributed by atoms with Crippen LogP contribution in [0.5, 0.6) is 0 Å². The predicted octanol–water partition coefficient (Wildman–Crippen LogP) is 4.32. The van der Waals surface area contributed by atoms with Crippen molar-refractivity contribution in [2.24, 2.45) is 0 Å². The third kappa shape index (κ3) is 3.71. The quantitative estimate of drug-likeness (QED) is 0.374. The number of hydrogen-bond donors (Lipinski definition) is 2. The Labute approximate surface area is 198 Å². The van der Waals surface area contributed by atoms with E-state index in [2.05, 4.69) is 25.3 Å². The Morgan fingerprint density at radius 1 is 1.18 bits per heavy atom. The van der Waals surface area contributed by atoms with Gasteiger partial charge in [0.1, 0.15) is 17.7 Å². The highest BCUT2D eigenvalue weighted by Crippen LogP contribution is 2.27. The molecule has 0 bridgehead atoms. The number of H-pyrrole nitrogens is 1. The maximum atomic E-state index is 13.7. The lowest BCUT2D eigenvalue weighted by Crippen LogP contribution is -2.40. The lowest BCUT2D eigenvalue weighted by Gasteiger charge is -2.28. The van der Waals surface area contributed by atoms with Crippen LogP contribution in [0.25, 0.3) is 22.1 Å². The van der Waals surface area contributed by atoms with E-state index in [0.29, 0.717) is 50.8 Å². The average molecular weight is 479 g/mol. The molecule has 3 aromatic heterocycles. The Bertz CT molecular complexity index is 1550. The van der Waals surface area contributed by atoms with E-state index in [-0.39, 0.29) is 11.4 Å². The zero-order valence-corrected chi connectivity index (χ0v) is 19.1. The van der Waals surface area contributed by atoms with E-state index >= 15 is 0 Å². The van der Waals surface area contributed by atoms with Crippen molar-refractivity contribution in [1.29, 1.82) is 0 Å². The fraction of sp³-hybridized carbons (Fsp3) is 0.174. The molecule has 0 aliphatic carbocycles. The maximum Gasteiger partial charge on any atom is 0.282 e. The van der Waals surface area contributed by atoms with Crippen LogP contribution in [0.15, 0.2) is 59.9 Å². The van der Waals surface area contributed by atoms with Crippen LogP contribution in [0.4, 0.5) is 15.9 Å². The summed E-state index contributed by atoms with van der Waals surface area (Å²) in [7, 11) is 1.72. The molecule has 0 radical (unpaired) electrons. The highest BCUT2D eigenvalue weighted by Gasteiger charge is 2.24. The summed E-state index contributed by atoms with van der Waals surface area (Å²) in [5.74, 6) is 0.607. The molecule has 0 aliphatic heterocycles. The minimum Gasteiger partial charge on any atom is -0.358 e. The standard InChI is InChI=1S/C23H20ClFN8O/c1-3-16(30-21-19-20(27-11-26-19)28-12-29-21)22-31-17-6-4-5-15(24)18(17)23(34)33(22)32(2)14-9-7-13(25)8-10-14/h4-12,16H,3H2,1-2H3,(H2,26,27,28,29,30)/t16-/m0/s1. The summed E-state index contributed by atoms with van der Waals surface area (Å²) in [6.07, 6.45) is 3.54. The number of halogens is 2. The SMILES string of the molecule is CC[C@H](Nc1ncnc2nc[nH]c12)c1nc2cccc(Cl)c2c(=O)n1N(C)c1ccc(F)cc1. The molecule has 2 aromatic carbocycles. The Hall–Kier alpha value is -4.05. The van der Waals surface area contributed by atoms with Crippen molar-refractivity contribution in [3.05, 3.63) is 82.1 Å². The van der Waals surface area contributed by atoms with Crippen LogP contribution in [0.1, 0.15) is 25.2 Å². The van der Waals surface area contributed by atoms with Crippen LogP contribution in [-0.2, 0) is 0 Å². The van der Waals surface area contributed by atoms with Crippen molar-refractivity contribution in [2.75, 3.05) is 17.4 Å². The minimum atomic E-state index is -0.416. The molecule has 0 aliphatic rings. The van der Waals surface area contributed by atoms with Crippen LogP contribution in [-0.4, -0.2) is 36.6 Å². The van der Waals surface area contributed by atoms with Crippen molar-refractivity contribution < 1.29 is 4.39 Å². The van der Waals surface area contributed by atoms with E-state index in [1.165, 1.54) is 23.1 Å². The molecule has 0 spiro atoms. The second kappa shape index (κ2) is 8.71. The summed E-state index contributed by atoms with van der Waals surface area (Å²) in [6.45, 7) is 1.97. The topological polar surface area (TPSA) is 105 Å². The highest BCUT2D eigenvalue weighted by atomic mass is 35.5. The van der Waals surface area contributed by atoms with Gasteiger partial charge in [-0.3, -0.25) is 9.80 Å². The number of benzene rings is 2. The van der Waals surface area contributed by atoms with E-state index in [4.69, 9.17) is 16.6 Å². The van der Waals surface area contributed by atoms with Gasteiger partial charge in [-0.2, -0.15) is 0 Å². The molecule has 2 N–H and O–H groups in total. The molecule has 0 fully saturated rings. The molecule has 5 rings (SSSR count). The van der Waals surface area contributed by atoms with Crippen LogP contribution in [0.2, 0.25) is 5.02 Å². The van der Waals surface area contributed by atoms with E-state index in [9.17, 15) is 9.18 Å². The molecule has 3 heterocycles. The van der Waals surface area contributed by atoms with Crippen LogP contribution in [0, 0.1) is 5.82 Å². The number of anilines is 2. The highest BCUT2D eigenvalue weighted by molar-refractivity contribution is 6.35. The first-order valence-corrected chi connectivity index (χ1v) is 11.0. The Morgan fingerprint density at radius 2 is 1.97 bits per heavy atom. The van der Waals surface area contributed by atoms with E-state index in [1.54, 1.807) is 48.7 Å². The largest absolute Gasteiger partial charge is 0.358 e. The van der Waals surface area contributed by atoms with Crippen molar-refractivity contribution in [3.8, 4) is 0 Å². The van der Waals surface area contributed by atoms with Gasteiger partial charge in [0.05, 0.1) is 34.0 Å². The fourth-order valence-corrected chi connectivity index (χ4v) is 4.13. The summed E-state index contributed by atoms with van der Waals surface area (Å²) in [5.41, 5.74) is 1.90. The number of fused-ring (bicyclic) bond motifs is 2. The van der Waals surface area contributed by atoms with Crippen molar-refractivity contribution >= 4 is 45.2 Å². The van der Waals surface area contributed by atoms with Gasteiger partial charge in [-0.25, -0.2) is 29.0 Å². The molecule has 172 valence electrons. The Morgan fingerprint density at radius 3 is 2.74 bits per heavy atom. The van der Waals surface area contributed by atoms with Gasteiger partial charge in [0, 0.05) is 7.05 Å². The molecule has 5 aromatic rings. The van der Waals surface area contributed by atoms with Crippen LogP contribution < -0.4 is 15.9 Å². The smallest absolute Gasteiger partial charge is 0.282 e. The molecule has 1 atom stereocenters. The molecule has 0 unspecified atom stereocenters. The fourth-order valence-electron chi connectivity index (χ4n) is 3.87. The second-order valence-electron chi connectivity index (χ2n) is 7.65. The van der Waals surface area contributed by atoms with Gasteiger partial charge < -0.3 is 10.3 Å².